The van der Waals surface area contributed by atoms with Crippen LogP contribution in [-0.4, -0.2) is 11.7 Å². The molecule has 0 atom stereocenters. The van der Waals surface area contributed by atoms with Gasteiger partial charge in [-0.15, -0.1) is 0 Å². The number of aryl methyl sites for hydroxylation is 2. The first-order valence-corrected chi connectivity index (χ1v) is 7.31. The van der Waals surface area contributed by atoms with E-state index in [1.807, 2.05) is 50.2 Å². The summed E-state index contributed by atoms with van der Waals surface area (Å²) in [5.41, 5.74) is 5.47. The van der Waals surface area contributed by atoms with Gasteiger partial charge in [0.2, 0.25) is 5.91 Å². The summed E-state index contributed by atoms with van der Waals surface area (Å²) >= 11 is 0. The fourth-order valence-electron chi connectivity index (χ4n) is 3.38. The second kappa shape index (κ2) is 4.29. The number of carbonyl (C=O) groups is 2. The van der Waals surface area contributed by atoms with E-state index >= 15 is 0 Å². The Morgan fingerprint density at radius 2 is 1.59 bits per heavy atom. The monoisotopic (exact) mass is 289 g/mol. The molecule has 1 heterocycles. The summed E-state index contributed by atoms with van der Waals surface area (Å²) in [6.07, 6.45) is 0. The zero-order valence-corrected chi connectivity index (χ0v) is 12.7. The molecule has 1 aliphatic carbocycles. The Kier molecular flexibility index (Phi) is 2.59. The van der Waals surface area contributed by atoms with Gasteiger partial charge >= 0.3 is 0 Å². The van der Waals surface area contributed by atoms with Gasteiger partial charge in [0.05, 0.1) is 0 Å². The Hall–Kier alpha value is -2.42. The first-order chi connectivity index (χ1) is 10.5. The number of ketones is 1. The third-order valence-electron chi connectivity index (χ3n) is 4.55. The van der Waals surface area contributed by atoms with Crippen molar-refractivity contribution >= 4 is 17.4 Å². The lowest BCUT2D eigenvalue weighted by molar-refractivity contribution is -0.116. The number of hydrogen-bond donors (Lipinski definition) is 0. The molecule has 108 valence electrons. The van der Waals surface area contributed by atoms with Crippen LogP contribution in [-0.2, 0) is 4.79 Å². The van der Waals surface area contributed by atoms with Gasteiger partial charge in [-0.2, -0.15) is 0 Å². The lowest BCUT2D eigenvalue weighted by atomic mass is 9.92. The van der Waals surface area contributed by atoms with Crippen LogP contribution in [0.2, 0.25) is 0 Å². The van der Waals surface area contributed by atoms with Crippen molar-refractivity contribution in [3.8, 4) is 0 Å². The highest BCUT2D eigenvalue weighted by atomic mass is 16.2. The Morgan fingerprint density at radius 3 is 2.27 bits per heavy atom. The number of anilines is 1. The van der Waals surface area contributed by atoms with E-state index in [2.05, 4.69) is 0 Å². The van der Waals surface area contributed by atoms with Gasteiger partial charge in [-0.25, -0.2) is 0 Å². The second-order valence-corrected chi connectivity index (χ2v) is 5.91. The molecule has 2 aromatic carbocycles. The van der Waals surface area contributed by atoms with Crippen molar-refractivity contribution in [2.45, 2.75) is 20.8 Å². The van der Waals surface area contributed by atoms with E-state index in [1.54, 1.807) is 11.8 Å². The summed E-state index contributed by atoms with van der Waals surface area (Å²) in [7, 11) is 0. The molecule has 0 saturated carbocycles. The quantitative estimate of drug-likeness (QED) is 0.745. The Balaban J connectivity index is 2.01. The van der Waals surface area contributed by atoms with E-state index in [4.69, 9.17) is 0 Å². The molecule has 1 aliphatic heterocycles. The molecule has 2 aromatic rings. The van der Waals surface area contributed by atoms with Crippen molar-refractivity contribution in [3.05, 3.63) is 76.2 Å². The van der Waals surface area contributed by atoms with E-state index in [1.165, 1.54) is 0 Å². The summed E-state index contributed by atoms with van der Waals surface area (Å²) in [4.78, 5) is 26.7. The van der Waals surface area contributed by atoms with Crippen molar-refractivity contribution < 1.29 is 9.59 Å². The van der Waals surface area contributed by atoms with E-state index in [9.17, 15) is 9.59 Å². The third-order valence-corrected chi connectivity index (χ3v) is 4.55. The molecule has 2 aliphatic rings. The Bertz CT molecular complexity index is 835. The number of amides is 1. The molecule has 0 N–H and O–H groups in total. The number of hydrogen-bond acceptors (Lipinski definition) is 2. The normalized spacial score (nSPS) is 16.7. The van der Waals surface area contributed by atoms with Crippen LogP contribution in [0.5, 0.6) is 0 Å². The van der Waals surface area contributed by atoms with Gasteiger partial charge in [0, 0.05) is 18.2 Å². The third kappa shape index (κ3) is 1.51. The summed E-state index contributed by atoms with van der Waals surface area (Å²) in [5.74, 6) is 0.604. The van der Waals surface area contributed by atoms with E-state index < -0.39 is 0 Å². The van der Waals surface area contributed by atoms with Gasteiger partial charge in [-0.1, -0.05) is 30.3 Å². The lowest BCUT2D eigenvalue weighted by Crippen LogP contribution is -2.31. The molecule has 1 amide bonds. The predicted molar refractivity (Wildman–Crippen MR) is 84.5 cm³/mol. The smallest absolute Gasteiger partial charge is 0.224 e. The standard InChI is InChI=1S/C19H15NO2/c1-10-8-15-16(9-11(10)2)20(12(3)21)18-13-6-4-5-7-14(13)19(22)17(15)18/h4-9H,1-3H3. The van der Waals surface area contributed by atoms with E-state index in [0.29, 0.717) is 11.5 Å². The summed E-state index contributed by atoms with van der Waals surface area (Å²) in [6.45, 7) is 5.59. The van der Waals surface area contributed by atoms with Crippen LogP contribution in [0.25, 0.3) is 0 Å². The second-order valence-electron chi connectivity index (χ2n) is 5.91. The predicted octanol–water partition coefficient (Wildman–Crippen LogP) is 3.37. The van der Waals surface area contributed by atoms with Crippen molar-refractivity contribution in [1.29, 1.82) is 0 Å². The number of Topliss-reactive ketones (excluding diaryl/α,β-unsaturated/α-hetero) is 1. The highest BCUT2D eigenvalue weighted by molar-refractivity contribution is 6.23. The Morgan fingerprint density at radius 1 is 0.955 bits per heavy atom. The van der Waals surface area contributed by atoms with Crippen molar-refractivity contribution in [3.63, 3.8) is 0 Å². The van der Waals surface area contributed by atoms with Gasteiger partial charge in [-0.3, -0.25) is 14.5 Å². The molecule has 22 heavy (non-hydrogen) atoms. The molecular formula is C19H15NO2. The van der Waals surface area contributed by atoms with Crippen LogP contribution >= 0.6 is 0 Å². The average Bonchev–Trinajstić information content (AvgIpc) is 2.95. The molecule has 0 saturated heterocycles. The van der Waals surface area contributed by atoms with Gasteiger partial charge in [0.25, 0.3) is 0 Å². The minimum atomic E-state index is -0.0704. The van der Waals surface area contributed by atoms with Crippen LogP contribution in [0, 0.1) is 25.8 Å². The number of fused-ring (bicyclic) bond motifs is 5. The summed E-state index contributed by atoms with van der Waals surface area (Å²) < 4.78 is 0. The SMILES string of the molecule is CC(=O)N1[C]2[C](C(=O)c3ccccc32)c2cc(C)c(C)cc21. The van der Waals surface area contributed by atoms with Crippen molar-refractivity contribution in [2.75, 3.05) is 4.90 Å². The van der Waals surface area contributed by atoms with Crippen LogP contribution < -0.4 is 4.90 Å². The number of benzene rings is 2. The minimum Gasteiger partial charge on any atom is -0.298 e. The lowest BCUT2D eigenvalue weighted by Gasteiger charge is -2.23. The first kappa shape index (κ1) is 13.3. The molecule has 0 fully saturated rings. The molecular weight excluding hydrogens is 274 g/mol. The van der Waals surface area contributed by atoms with Crippen LogP contribution in [0.4, 0.5) is 5.69 Å². The number of carbonyl (C=O) groups excluding carboxylic acids is 2. The zero-order chi connectivity index (χ0) is 15.6. The largest absolute Gasteiger partial charge is 0.298 e. The molecule has 0 aromatic heterocycles. The van der Waals surface area contributed by atoms with E-state index in [0.717, 1.165) is 34.0 Å². The van der Waals surface area contributed by atoms with Crippen molar-refractivity contribution in [2.24, 2.45) is 0 Å². The Labute approximate surface area is 129 Å². The van der Waals surface area contributed by atoms with Gasteiger partial charge in [0.1, 0.15) is 12.0 Å². The highest BCUT2D eigenvalue weighted by Crippen LogP contribution is 2.54. The zero-order valence-electron chi connectivity index (χ0n) is 12.7. The molecule has 2 radical (unpaired) electrons. The maximum atomic E-state index is 12.8. The minimum absolute atomic E-state index is 0.0128. The molecule has 0 unspecified atom stereocenters. The maximum Gasteiger partial charge on any atom is 0.224 e. The van der Waals surface area contributed by atoms with Gasteiger partial charge < -0.3 is 0 Å². The van der Waals surface area contributed by atoms with Gasteiger partial charge in [0.15, 0.2) is 5.78 Å². The number of nitrogens with zero attached hydrogens (tertiary/aromatic N) is 1. The van der Waals surface area contributed by atoms with Crippen LogP contribution in [0.15, 0.2) is 36.4 Å². The fourth-order valence-corrected chi connectivity index (χ4v) is 3.38. The van der Waals surface area contributed by atoms with Crippen LogP contribution in [0.1, 0.15) is 39.5 Å². The molecule has 4 rings (SSSR count). The average molecular weight is 289 g/mol. The highest BCUT2D eigenvalue weighted by Gasteiger charge is 2.52. The number of rotatable bonds is 0. The summed E-state index contributed by atoms with van der Waals surface area (Å²) in [5, 5.41) is 0. The molecule has 0 spiro atoms. The summed E-state index contributed by atoms with van der Waals surface area (Å²) in [6, 6.07) is 12.3. The van der Waals surface area contributed by atoms with Gasteiger partial charge in [-0.05, 0) is 42.2 Å². The topological polar surface area (TPSA) is 37.4 Å². The first-order valence-electron chi connectivity index (χ1n) is 7.31. The van der Waals surface area contributed by atoms with Crippen LogP contribution in [0.3, 0.4) is 0 Å². The van der Waals surface area contributed by atoms with E-state index in [-0.39, 0.29) is 11.7 Å². The molecule has 3 nitrogen and oxygen atoms in total. The fraction of sp³-hybridized carbons (Fsp3) is 0.158. The molecule has 3 heteroatoms. The maximum absolute atomic E-state index is 12.8. The van der Waals surface area contributed by atoms with Crippen molar-refractivity contribution in [1.82, 2.24) is 0 Å². The molecule has 0 bridgehead atoms.